The van der Waals surface area contributed by atoms with E-state index in [9.17, 15) is 18.3 Å². The van der Waals surface area contributed by atoms with E-state index in [-0.39, 0.29) is 6.54 Å². The standard InChI is InChI=1S/C41H82F3NOS2/c1-5-9-29-38(7-3)36-47-33-27-23-19-15-11-13-17-21-25-31-45(35-40(46)41(42,43)44)32-26-22-18-14-12-16-20-24-28-34-48-37-39(8-4)30-10-6-2/h38-40,46H,5-37H2,1-4H3. The third-order valence-corrected chi connectivity index (χ3v) is 12.7. The van der Waals surface area contributed by atoms with E-state index in [0.717, 1.165) is 37.5 Å². The first-order valence-corrected chi connectivity index (χ1v) is 23.2. The highest BCUT2D eigenvalue weighted by atomic mass is 32.2. The summed E-state index contributed by atoms with van der Waals surface area (Å²) in [6, 6.07) is 0. The zero-order valence-corrected chi connectivity index (χ0v) is 34.0. The van der Waals surface area contributed by atoms with E-state index < -0.39 is 12.3 Å². The van der Waals surface area contributed by atoms with Crippen LogP contribution < -0.4 is 0 Å². The molecule has 0 aromatic rings. The maximum atomic E-state index is 13.1. The molecule has 0 heterocycles. The second-order valence-corrected chi connectivity index (χ2v) is 17.0. The number of alkyl halides is 3. The average molecular weight is 726 g/mol. The Bertz CT molecular complexity index is 597. The zero-order valence-electron chi connectivity index (χ0n) is 32.4. The molecule has 0 aromatic heterocycles. The summed E-state index contributed by atoms with van der Waals surface area (Å²) in [5, 5.41) is 9.70. The summed E-state index contributed by atoms with van der Waals surface area (Å²) in [4.78, 5) is 1.87. The van der Waals surface area contributed by atoms with Crippen LogP contribution in [0.25, 0.3) is 0 Å². The summed E-state index contributed by atoms with van der Waals surface area (Å²) in [6.45, 7) is 10.3. The molecule has 0 aliphatic carbocycles. The number of aliphatic hydroxyl groups is 1. The van der Waals surface area contributed by atoms with Crippen molar-refractivity contribution in [1.29, 1.82) is 0 Å². The number of thioether (sulfide) groups is 2. The van der Waals surface area contributed by atoms with Crippen LogP contribution >= 0.6 is 23.5 Å². The Labute approximate surface area is 307 Å². The minimum atomic E-state index is -4.53. The maximum Gasteiger partial charge on any atom is 0.415 e. The Kier molecular flexibility index (Phi) is 36.1. The summed E-state index contributed by atoms with van der Waals surface area (Å²) >= 11 is 4.31. The van der Waals surface area contributed by atoms with Crippen molar-refractivity contribution in [2.75, 3.05) is 42.6 Å². The van der Waals surface area contributed by atoms with Crippen molar-refractivity contribution in [1.82, 2.24) is 4.90 Å². The van der Waals surface area contributed by atoms with Crippen molar-refractivity contribution in [2.45, 2.75) is 207 Å². The van der Waals surface area contributed by atoms with Crippen molar-refractivity contribution in [2.24, 2.45) is 11.8 Å². The molecule has 1 N–H and O–H groups in total. The molecule has 0 fully saturated rings. The molecule has 290 valence electrons. The number of aliphatic hydroxyl groups excluding tert-OH is 1. The molecule has 0 amide bonds. The second-order valence-electron chi connectivity index (χ2n) is 14.7. The summed E-state index contributed by atoms with van der Waals surface area (Å²) in [6.07, 6.45) is 26.0. The first-order valence-electron chi connectivity index (χ1n) is 20.9. The smallest absolute Gasteiger partial charge is 0.382 e. The minimum absolute atomic E-state index is 0.282. The van der Waals surface area contributed by atoms with Crippen LogP contribution in [0.5, 0.6) is 0 Å². The highest BCUT2D eigenvalue weighted by molar-refractivity contribution is 7.99. The monoisotopic (exact) mass is 726 g/mol. The van der Waals surface area contributed by atoms with Gasteiger partial charge in [0.2, 0.25) is 0 Å². The van der Waals surface area contributed by atoms with Crippen molar-refractivity contribution in [3.63, 3.8) is 0 Å². The molecule has 0 spiro atoms. The van der Waals surface area contributed by atoms with Gasteiger partial charge in [-0.3, -0.25) is 0 Å². The Morgan fingerprint density at radius 1 is 0.500 bits per heavy atom. The predicted molar refractivity (Wildman–Crippen MR) is 213 cm³/mol. The summed E-state index contributed by atoms with van der Waals surface area (Å²) in [5.74, 6) is 7.10. The van der Waals surface area contributed by atoms with Gasteiger partial charge in [-0.2, -0.15) is 36.7 Å². The van der Waals surface area contributed by atoms with E-state index in [2.05, 4.69) is 51.2 Å². The number of nitrogens with zero attached hydrogens (tertiary/aromatic N) is 1. The van der Waals surface area contributed by atoms with Crippen LogP contribution in [-0.4, -0.2) is 64.9 Å². The normalized spacial score (nSPS) is 14.2. The second kappa shape index (κ2) is 35.8. The lowest BCUT2D eigenvalue weighted by atomic mass is 10.0. The molecule has 48 heavy (non-hydrogen) atoms. The lowest BCUT2D eigenvalue weighted by molar-refractivity contribution is -0.208. The number of hydrogen-bond donors (Lipinski definition) is 1. The average Bonchev–Trinajstić information content (AvgIpc) is 3.07. The fourth-order valence-corrected chi connectivity index (χ4v) is 9.11. The molecular formula is C41H82F3NOS2. The lowest BCUT2D eigenvalue weighted by Gasteiger charge is -2.26. The molecule has 7 heteroatoms. The molecular weight excluding hydrogens is 644 g/mol. The van der Waals surface area contributed by atoms with Gasteiger partial charge in [0.15, 0.2) is 6.10 Å². The van der Waals surface area contributed by atoms with Gasteiger partial charge in [-0.15, -0.1) is 0 Å². The van der Waals surface area contributed by atoms with Gasteiger partial charge in [0.1, 0.15) is 0 Å². The highest BCUT2D eigenvalue weighted by Gasteiger charge is 2.38. The van der Waals surface area contributed by atoms with Crippen LogP contribution in [0.3, 0.4) is 0 Å². The topological polar surface area (TPSA) is 23.5 Å². The third kappa shape index (κ3) is 32.3. The van der Waals surface area contributed by atoms with Crippen LogP contribution in [0.15, 0.2) is 0 Å². The summed E-state index contributed by atoms with van der Waals surface area (Å²) in [7, 11) is 0. The molecule has 0 saturated carbocycles. The number of halogens is 3. The molecule has 0 aromatic carbocycles. The van der Waals surface area contributed by atoms with Gasteiger partial charge in [0, 0.05) is 6.54 Å². The van der Waals surface area contributed by atoms with E-state index >= 15 is 0 Å². The fraction of sp³-hybridized carbons (Fsp3) is 1.00. The van der Waals surface area contributed by atoms with Gasteiger partial charge in [-0.1, -0.05) is 156 Å². The van der Waals surface area contributed by atoms with E-state index in [1.807, 2.05) is 4.90 Å². The summed E-state index contributed by atoms with van der Waals surface area (Å²) < 4.78 is 39.2. The number of rotatable bonds is 38. The number of unbranched alkanes of at least 4 members (excludes halogenated alkanes) is 18. The van der Waals surface area contributed by atoms with Crippen molar-refractivity contribution in [3.05, 3.63) is 0 Å². The van der Waals surface area contributed by atoms with Crippen molar-refractivity contribution >= 4 is 23.5 Å². The summed E-state index contributed by atoms with van der Waals surface area (Å²) in [5.41, 5.74) is 0. The third-order valence-electron chi connectivity index (χ3n) is 10.1. The first-order chi connectivity index (χ1) is 23.3. The Hall–Kier alpha value is 0.410. The molecule has 3 atom stereocenters. The fourth-order valence-electron chi connectivity index (χ4n) is 6.49. The van der Waals surface area contributed by atoms with Crippen LogP contribution in [0.2, 0.25) is 0 Å². The van der Waals surface area contributed by atoms with Gasteiger partial charge in [-0.05, 0) is 86.5 Å². The SMILES string of the molecule is CCCCC(CC)CSCCCCCCCCCCCN(CCCCCCCCCCCSCC(CC)CCCC)CC(O)C(F)(F)F. The van der Waals surface area contributed by atoms with Crippen LogP contribution in [0.1, 0.15) is 195 Å². The van der Waals surface area contributed by atoms with Gasteiger partial charge in [0.25, 0.3) is 0 Å². The molecule has 0 saturated heterocycles. The predicted octanol–water partition coefficient (Wildman–Crippen LogP) is 14.1. The molecule has 3 unspecified atom stereocenters. The zero-order chi connectivity index (χ0) is 35.6. The molecule has 0 aliphatic rings. The van der Waals surface area contributed by atoms with E-state index in [4.69, 9.17) is 0 Å². The Morgan fingerprint density at radius 2 is 0.833 bits per heavy atom. The minimum Gasteiger partial charge on any atom is -0.382 e. The van der Waals surface area contributed by atoms with Crippen LogP contribution in [-0.2, 0) is 0 Å². The van der Waals surface area contributed by atoms with Gasteiger partial charge < -0.3 is 10.0 Å². The first kappa shape index (κ1) is 48.4. The van der Waals surface area contributed by atoms with Crippen molar-refractivity contribution in [3.8, 4) is 0 Å². The van der Waals surface area contributed by atoms with Crippen LogP contribution in [0, 0.1) is 11.8 Å². The number of hydrogen-bond acceptors (Lipinski definition) is 4. The van der Waals surface area contributed by atoms with Crippen molar-refractivity contribution < 1.29 is 18.3 Å². The molecule has 0 bridgehead atoms. The quantitative estimate of drug-likeness (QED) is 0.0640. The molecule has 2 nitrogen and oxygen atoms in total. The van der Waals surface area contributed by atoms with Gasteiger partial charge in [-0.25, -0.2) is 0 Å². The van der Waals surface area contributed by atoms with E-state index in [1.165, 1.54) is 164 Å². The Balaban J connectivity index is 3.86. The molecule has 0 aliphatic heterocycles. The molecule has 0 radical (unpaired) electrons. The van der Waals surface area contributed by atoms with Gasteiger partial charge in [0.05, 0.1) is 0 Å². The maximum absolute atomic E-state index is 13.1. The molecule has 0 rings (SSSR count). The van der Waals surface area contributed by atoms with E-state index in [0.29, 0.717) is 13.1 Å². The van der Waals surface area contributed by atoms with Gasteiger partial charge >= 0.3 is 6.18 Å². The van der Waals surface area contributed by atoms with Crippen LogP contribution in [0.4, 0.5) is 13.2 Å². The largest absolute Gasteiger partial charge is 0.415 e. The highest BCUT2D eigenvalue weighted by Crippen LogP contribution is 2.23. The van der Waals surface area contributed by atoms with E-state index in [1.54, 1.807) is 0 Å². The Morgan fingerprint density at radius 3 is 1.15 bits per heavy atom. The lowest BCUT2D eigenvalue weighted by Crippen LogP contribution is -2.41.